The minimum Gasteiger partial charge on any atom is -0.497 e. The molecule has 0 aliphatic heterocycles. The molecular formula is C28H32BrN3O5S. The van der Waals surface area contributed by atoms with Crippen molar-refractivity contribution in [2.24, 2.45) is 0 Å². The number of sulfonamides is 1. The molecule has 2 amide bonds. The minimum absolute atomic E-state index is 0.0613. The van der Waals surface area contributed by atoms with E-state index in [2.05, 4.69) is 21.2 Å². The van der Waals surface area contributed by atoms with E-state index in [1.54, 1.807) is 68.6 Å². The van der Waals surface area contributed by atoms with Gasteiger partial charge in [0.25, 0.3) is 10.0 Å². The third kappa shape index (κ3) is 7.35. The van der Waals surface area contributed by atoms with E-state index in [-0.39, 0.29) is 17.3 Å². The summed E-state index contributed by atoms with van der Waals surface area (Å²) in [5, 5.41) is 2.83. The molecule has 1 atom stereocenters. The van der Waals surface area contributed by atoms with Gasteiger partial charge in [-0.1, -0.05) is 53.2 Å². The summed E-state index contributed by atoms with van der Waals surface area (Å²) in [5.74, 6) is -0.159. The second-order valence-corrected chi connectivity index (χ2v) is 11.4. The fourth-order valence-electron chi connectivity index (χ4n) is 3.76. The molecule has 0 bridgehead atoms. The Hall–Kier alpha value is -3.37. The molecular weight excluding hydrogens is 570 g/mol. The second kappa shape index (κ2) is 13.4. The molecule has 0 spiro atoms. The van der Waals surface area contributed by atoms with Crippen molar-refractivity contribution in [3.05, 3.63) is 88.9 Å². The van der Waals surface area contributed by atoms with Gasteiger partial charge >= 0.3 is 0 Å². The van der Waals surface area contributed by atoms with Gasteiger partial charge in [-0.25, -0.2) is 8.42 Å². The lowest BCUT2D eigenvalue weighted by atomic mass is 10.1. The number of carbonyl (C=O) groups excluding carboxylic acids is 2. The first-order valence-electron chi connectivity index (χ1n) is 12.2. The fraction of sp³-hybridized carbons (Fsp3) is 0.286. The molecule has 3 aromatic carbocycles. The predicted molar refractivity (Wildman–Crippen MR) is 151 cm³/mol. The number of hydrogen-bond acceptors (Lipinski definition) is 5. The third-order valence-electron chi connectivity index (χ3n) is 5.95. The van der Waals surface area contributed by atoms with Crippen molar-refractivity contribution in [3.63, 3.8) is 0 Å². The van der Waals surface area contributed by atoms with Gasteiger partial charge < -0.3 is 15.0 Å². The number of anilines is 1. The molecule has 0 saturated carbocycles. The summed E-state index contributed by atoms with van der Waals surface area (Å²) in [5.41, 5.74) is 1.10. The van der Waals surface area contributed by atoms with Crippen LogP contribution in [0.5, 0.6) is 5.75 Å². The number of nitrogens with one attached hydrogen (secondary N) is 1. The molecule has 0 fully saturated rings. The Bertz CT molecular complexity index is 1320. The average molecular weight is 603 g/mol. The summed E-state index contributed by atoms with van der Waals surface area (Å²) in [6, 6.07) is 21.0. The van der Waals surface area contributed by atoms with Gasteiger partial charge in [-0.15, -0.1) is 0 Å². The van der Waals surface area contributed by atoms with Crippen molar-refractivity contribution >= 4 is 43.5 Å². The quantitative estimate of drug-likeness (QED) is 0.327. The Morgan fingerprint density at radius 3 is 2.18 bits per heavy atom. The number of methoxy groups -OCH3 is 1. The van der Waals surface area contributed by atoms with Crippen molar-refractivity contribution in [2.75, 3.05) is 24.5 Å². The predicted octanol–water partition coefficient (Wildman–Crippen LogP) is 4.60. The van der Waals surface area contributed by atoms with Crippen LogP contribution >= 0.6 is 15.9 Å². The maximum absolute atomic E-state index is 13.8. The van der Waals surface area contributed by atoms with Gasteiger partial charge in [0.05, 0.1) is 17.7 Å². The summed E-state index contributed by atoms with van der Waals surface area (Å²) in [6.07, 6.45) is 0.748. The molecule has 0 unspecified atom stereocenters. The van der Waals surface area contributed by atoms with E-state index in [0.717, 1.165) is 20.8 Å². The molecule has 38 heavy (non-hydrogen) atoms. The Balaban J connectivity index is 1.99. The van der Waals surface area contributed by atoms with Crippen molar-refractivity contribution in [1.29, 1.82) is 0 Å². The van der Waals surface area contributed by atoms with Gasteiger partial charge in [-0.2, -0.15) is 0 Å². The lowest BCUT2D eigenvalue weighted by Crippen LogP contribution is -2.51. The van der Waals surface area contributed by atoms with Gasteiger partial charge in [-0.05, 0) is 67.4 Å². The fourth-order valence-corrected chi connectivity index (χ4v) is 5.46. The van der Waals surface area contributed by atoms with E-state index >= 15 is 0 Å². The molecule has 0 saturated heterocycles. The number of benzene rings is 3. The Kier molecular flexibility index (Phi) is 10.3. The maximum atomic E-state index is 13.8. The number of ether oxygens (including phenoxy) is 1. The van der Waals surface area contributed by atoms with Crippen molar-refractivity contribution in [1.82, 2.24) is 10.2 Å². The van der Waals surface area contributed by atoms with Crippen LogP contribution < -0.4 is 14.4 Å². The SMILES string of the molecule is CCCNC(=O)[C@H](C)N(Cc1ccc(OC)cc1)C(=O)CN(c1ccc(Br)cc1)S(=O)(=O)c1ccccc1. The lowest BCUT2D eigenvalue weighted by Gasteiger charge is -2.32. The Morgan fingerprint density at radius 2 is 1.61 bits per heavy atom. The van der Waals surface area contributed by atoms with Gasteiger partial charge in [0.2, 0.25) is 11.8 Å². The van der Waals surface area contributed by atoms with Crippen LogP contribution in [0.25, 0.3) is 0 Å². The normalized spacial score (nSPS) is 11.9. The van der Waals surface area contributed by atoms with Crippen LogP contribution in [-0.4, -0.2) is 51.4 Å². The summed E-state index contributed by atoms with van der Waals surface area (Å²) in [4.78, 5) is 28.2. The van der Waals surface area contributed by atoms with E-state index in [1.165, 1.54) is 17.0 Å². The first kappa shape index (κ1) is 29.2. The average Bonchev–Trinajstić information content (AvgIpc) is 2.94. The van der Waals surface area contributed by atoms with E-state index in [4.69, 9.17) is 4.74 Å². The maximum Gasteiger partial charge on any atom is 0.264 e. The third-order valence-corrected chi connectivity index (χ3v) is 8.27. The number of halogens is 1. The molecule has 0 aliphatic rings. The van der Waals surface area contributed by atoms with Crippen LogP contribution in [0.1, 0.15) is 25.8 Å². The Labute approximate surface area is 232 Å². The van der Waals surface area contributed by atoms with Gasteiger partial charge in [0.15, 0.2) is 0 Å². The molecule has 3 rings (SSSR count). The second-order valence-electron chi connectivity index (χ2n) is 8.64. The topological polar surface area (TPSA) is 96.0 Å². The van der Waals surface area contributed by atoms with E-state index in [9.17, 15) is 18.0 Å². The number of rotatable bonds is 12. The van der Waals surface area contributed by atoms with Crippen LogP contribution in [0.3, 0.4) is 0 Å². The molecule has 1 N–H and O–H groups in total. The van der Waals surface area contributed by atoms with Crippen molar-refractivity contribution < 1.29 is 22.7 Å². The number of hydrogen-bond donors (Lipinski definition) is 1. The van der Waals surface area contributed by atoms with E-state index in [1.807, 2.05) is 19.1 Å². The first-order chi connectivity index (χ1) is 18.2. The first-order valence-corrected chi connectivity index (χ1v) is 14.4. The van der Waals surface area contributed by atoms with E-state index in [0.29, 0.717) is 18.0 Å². The zero-order valence-electron chi connectivity index (χ0n) is 21.6. The highest BCUT2D eigenvalue weighted by molar-refractivity contribution is 9.10. The summed E-state index contributed by atoms with van der Waals surface area (Å²) in [6.45, 7) is 3.68. The molecule has 202 valence electrons. The van der Waals surface area contributed by atoms with Crippen LogP contribution in [-0.2, 0) is 26.2 Å². The van der Waals surface area contributed by atoms with Crippen LogP contribution in [0.2, 0.25) is 0 Å². The summed E-state index contributed by atoms with van der Waals surface area (Å²) >= 11 is 3.37. The highest BCUT2D eigenvalue weighted by atomic mass is 79.9. The molecule has 0 heterocycles. The highest BCUT2D eigenvalue weighted by Crippen LogP contribution is 2.26. The van der Waals surface area contributed by atoms with Crippen LogP contribution in [0, 0.1) is 0 Å². The summed E-state index contributed by atoms with van der Waals surface area (Å²) in [7, 11) is -2.52. The molecule has 0 aliphatic carbocycles. The molecule has 3 aromatic rings. The number of nitrogens with zero attached hydrogens (tertiary/aromatic N) is 2. The van der Waals surface area contributed by atoms with Crippen molar-refractivity contribution in [3.8, 4) is 5.75 Å². The standard InChI is InChI=1S/C28H32BrN3O5S/c1-4-18-30-28(34)21(2)31(19-22-10-16-25(37-3)17-11-22)27(33)20-32(24-14-12-23(29)13-15-24)38(35,36)26-8-6-5-7-9-26/h5-17,21H,4,18-20H2,1-3H3,(H,30,34)/t21-/m0/s1. The van der Waals surface area contributed by atoms with Gasteiger partial charge in [0.1, 0.15) is 18.3 Å². The Morgan fingerprint density at radius 1 is 0.974 bits per heavy atom. The number of carbonyl (C=O) groups is 2. The highest BCUT2D eigenvalue weighted by Gasteiger charge is 2.32. The number of amides is 2. The van der Waals surface area contributed by atoms with Crippen molar-refractivity contribution in [2.45, 2.75) is 37.8 Å². The lowest BCUT2D eigenvalue weighted by molar-refractivity contribution is -0.139. The molecule has 8 nitrogen and oxygen atoms in total. The minimum atomic E-state index is -4.08. The molecule has 0 aromatic heterocycles. The molecule has 10 heteroatoms. The monoisotopic (exact) mass is 601 g/mol. The van der Waals surface area contributed by atoms with Crippen LogP contribution in [0.4, 0.5) is 5.69 Å². The van der Waals surface area contributed by atoms with Gasteiger partial charge in [-0.3, -0.25) is 13.9 Å². The van der Waals surface area contributed by atoms with E-state index < -0.39 is 28.5 Å². The molecule has 0 radical (unpaired) electrons. The van der Waals surface area contributed by atoms with Gasteiger partial charge in [0, 0.05) is 17.6 Å². The summed E-state index contributed by atoms with van der Waals surface area (Å²) < 4.78 is 34.5. The van der Waals surface area contributed by atoms with Crippen LogP contribution in [0.15, 0.2) is 88.2 Å². The zero-order valence-corrected chi connectivity index (χ0v) is 24.0. The smallest absolute Gasteiger partial charge is 0.264 e. The zero-order chi connectivity index (χ0) is 27.7. The largest absolute Gasteiger partial charge is 0.497 e.